The summed E-state index contributed by atoms with van der Waals surface area (Å²) in [6, 6.07) is 14.8. The minimum Gasteiger partial charge on any atom is -0.382 e. The number of aromatic nitrogens is 4. The van der Waals surface area contributed by atoms with Crippen molar-refractivity contribution in [2.24, 2.45) is 0 Å². The van der Waals surface area contributed by atoms with Crippen molar-refractivity contribution >= 4 is 17.0 Å². The molecule has 0 radical (unpaired) electrons. The van der Waals surface area contributed by atoms with Crippen LogP contribution >= 0.6 is 11.8 Å². The number of benzene rings is 2. The number of nitrogens with zero attached hydrogens (tertiary/aromatic N) is 4. The van der Waals surface area contributed by atoms with Crippen LogP contribution in [0, 0.1) is 0 Å². The van der Waals surface area contributed by atoms with Crippen molar-refractivity contribution in [3.8, 4) is 0 Å². The number of carbonyl (C=O) groups is 1. The van der Waals surface area contributed by atoms with E-state index < -0.39 is 12.0 Å². The number of amides is 1. The lowest BCUT2D eigenvalue weighted by molar-refractivity contribution is -0.0929. The zero-order valence-electron chi connectivity index (χ0n) is 17.6. The fourth-order valence-corrected chi connectivity index (χ4v) is 4.58. The van der Waals surface area contributed by atoms with Crippen LogP contribution in [0.1, 0.15) is 22.5 Å². The SMILES string of the molecule is O=C1SCC(/C=C/C(O)C(F)(F)c2ccccc2)N1CCc1ccc(Cc2nnn[nH]2)cc1. The number of alkyl halides is 2. The number of aliphatic hydroxyl groups excluding tert-OH is 1. The van der Waals surface area contributed by atoms with Gasteiger partial charge in [-0.15, -0.1) is 5.10 Å². The monoisotopic (exact) mass is 471 g/mol. The standard InChI is InChI=1S/C23H23F2N5O2S/c24-23(25,18-4-2-1-3-5-18)20(31)11-10-19-15-33-22(32)30(19)13-12-16-6-8-17(9-7-16)14-21-26-28-29-27-21/h1-11,19-20,31H,12-15H2,(H,26,27,28,29)/b11-10+. The van der Waals surface area contributed by atoms with E-state index in [0.29, 0.717) is 31.0 Å². The van der Waals surface area contributed by atoms with Crippen molar-refractivity contribution in [2.75, 3.05) is 12.3 Å². The molecule has 33 heavy (non-hydrogen) atoms. The first kappa shape index (κ1) is 23.1. The smallest absolute Gasteiger partial charge is 0.302 e. The van der Waals surface area contributed by atoms with Crippen molar-refractivity contribution in [3.05, 3.63) is 89.3 Å². The molecular formula is C23H23F2N5O2S. The molecule has 1 fully saturated rings. The number of H-pyrrole nitrogens is 1. The molecule has 1 saturated heterocycles. The number of hydrogen-bond acceptors (Lipinski definition) is 6. The zero-order valence-corrected chi connectivity index (χ0v) is 18.5. The summed E-state index contributed by atoms with van der Waals surface area (Å²) in [5.41, 5.74) is 1.86. The van der Waals surface area contributed by atoms with E-state index in [4.69, 9.17) is 0 Å². The maximum Gasteiger partial charge on any atom is 0.302 e. The maximum absolute atomic E-state index is 14.5. The minimum absolute atomic E-state index is 0.0941. The number of tetrazole rings is 1. The summed E-state index contributed by atoms with van der Waals surface area (Å²) in [6.45, 7) is 0.456. The van der Waals surface area contributed by atoms with Crippen LogP contribution in [-0.4, -0.2) is 60.3 Å². The maximum atomic E-state index is 14.5. The molecule has 0 spiro atoms. The topological polar surface area (TPSA) is 95.0 Å². The van der Waals surface area contributed by atoms with Gasteiger partial charge in [-0.25, -0.2) is 5.10 Å². The van der Waals surface area contributed by atoms with Gasteiger partial charge in [0.25, 0.3) is 5.24 Å². The molecule has 172 valence electrons. The molecule has 1 aliphatic heterocycles. The Morgan fingerprint density at radius 1 is 1.18 bits per heavy atom. The summed E-state index contributed by atoms with van der Waals surface area (Å²) in [4.78, 5) is 14.0. The van der Waals surface area contributed by atoms with E-state index in [-0.39, 0.29) is 16.8 Å². The highest BCUT2D eigenvalue weighted by atomic mass is 32.2. The highest BCUT2D eigenvalue weighted by Crippen LogP contribution is 2.33. The summed E-state index contributed by atoms with van der Waals surface area (Å²) in [7, 11) is 0. The second-order valence-electron chi connectivity index (χ2n) is 7.75. The van der Waals surface area contributed by atoms with E-state index >= 15 is 0 Å². The van der Waals surface area contributed by atoms with Crippen LogP contribution in [-0.2, 0) is 18.8 Å². The Bertz CT molecular complexity index is 1080. The third-order valence-corrected chi connectivity index (χ3v) is 6.47. The van der Waals surface area contributed by atoms with Crippen molar-refractivity contribution in [3.63, 3.8) is 0 Å². The highest BCUT2D eigenvalue weighted by molar-refractivity contribution is 8.13. The Morgan fingerprint density at radius 2 is 1.91 bits per heavy atom. The van der Waals surface area contributed by atoms with Gasteiger partial charge < -0.3 is 10.0 Å². The number of aromatic amines is 1. The molecule has 0 bridgehead atoms. The molecule has 0 saturated carbocycles. The van der Waals surface area contributed by atoms with Gasteiger partial charge in [0.2, 0.25) is 0 Å². The summed E-state index contributed by atoms with van der Waals surface area (Å²) >= 11 is 1.15. The van der Waals surface area contributed by atoms with Crippen molar-refractivity contribution in [2.45, 2.75) is 30.9 Å². The minimum atomic E-state index is -3.41. The summed E-state index contributed by atoms with van der Waals surface area (Å²) in [5, 5.41) is 23.7. The predicted octanol–water partition coefficient (Wildman–Crippen LogP) is 3.58. The Hall–Kier alpha value is -3.11. The molecule has 3 aromatic rings. The van der Waals surface area contributed by atoms with Gasteiger partial charge in [-0.1, -0.05) is 78.5 Å². The Kier molecular flexibility index (Phi) is 7.14. The van der Waals surface area contributed by atoms with Crippen LogP contribution < -0.4 is 0 Å². The fraction of sp³-hybridized carbons (Fsp3) is 0.304. The van der Waals surface area contributed by atoms with Gasteiger partial charge in [-0.05, 0) is 28.0 Å². The van der Waals surface area contributed by atoms with Crippen molar-refractivity contribution < 1.29 is 18.7 Å². The molecule has 2 unspecified atom stereocenters. The molecule has 1 amide bonds. The first-order chi connectivity index (χ1) is 15.9. The highest BCUT2D eigenvalue weighted by Gasteiger charge is 2.39. The van der Waals surface area contributed by atoms with Crippen molar-refractivity contribution in [1.29, 1.82) is 0 Å². The number of nitrogens with one attached hydrogen (secondary N) is 1. The number of carbonyl (C=O) groups excluding carboxylic acids is 1. The largest absolute Gasteiger partial charge is 0.382 e. The van der Waals surface area contributed by atoms with Crippen LogP contribution in [0.15, 0.2) is 66.7 Å². The van der Waals surface area contributed by atoms with Crippen LogP contribution in [0.2, 0.25) is 0 Å². The third kappa shape index (κ3) is 5.63. The number of aliphatic hydroxyl groups is 1. The summed E-state index contributed by atoms with van der Waals surface area (Å²) in [5.74, 6) is -2.28. The van der Waals surface area contributed by atoms with Gasteiger partial charge in [0.1, 0.15) is 6.10 Å². The van der Waals surface area contributed by atoms with E-state index in [0.717, 1.165) is 29.0 Å². The van der Waals surface area contributed by atoms with Gasteiger partial charge in [0, 0.05) is 24.3 Å². The van der Waals surface area contributed by atoms with E-state index in [9.17, 15) is 18.7 Å². The summed E-state index contributed by atoms with van der Waals surface area (Å²) < 4.78 is 29.0. The van der Waals surface area contributed by atoms with E-state index in [2.05, 4.69) is 20.6 Å². The molecule has 2 aromatic carbocycles. The zero-order chi connectivity index (χ0) is 23.3. The number of rotatable bonds is 9. The lowest BCUT2D eigenvalue weighted by atomic mass is 10.0. The molecular weight excluding hydrogens is 448 g/mol. The average molecular weight is 472 g/mol. The van der Waals surface area contributed by atoms with Gasteiger partial charge in [-0.3, -0.25) is 4.79 Å². The molecule has 0 aliphatic carbocycles. The Balaban J connectivity index is 1.35. The molecule has 1 aromatic heterocycles. The van der Waals surface area contributed by atoms with Crippen LogP contribution in [0.4, 0.5) is 13.6 Å². The normalized spacial score (nSPS) is 17.7. The predicted molar refractivity (Wildman–Crippen MR) is 121 cm³/mol. The Labute approximate surface area is 193 Å². The number of halogens is 2. The van der Waals surface area contributed by atoms with Gasteiger partial charge in [0.05, 0.1) is 6.04 Å². The van der Waals surface area contributed by atoms with Gasteiger partial charge in [0.15, 0.2) is 5.82 Å². The van der Waals surface area contributed by atoms with E-state index in [1.807, 2.05) is 24.3 Å². The molecule has 7 nitrogen and oxygen atoms in total. The van der Waals surface area contributed by atoms with Gasteiger partial charge >= 0.3 is 5.92 Å². The van der Waals surface area contributed by atoms with Crippen LogP contribution in [0.25, 0.3) is 0 Å². The molecule has 10 heteroatoms. The third-order valence-electron chi connectivity index (χ3n) is 5.48. The molecule has 2 N–H and O–H groups in total. The average Bonchev–Trinajstić information content (AvgIpc) is 3.47. The van der Waals surface area contributed by atoms with Gasteiger partial charge in [-0.2, -0.15) is 8.78 Å². The lowest BCUT2D eigenvalue weighted by Crippen LogP contribution is -2.35. The molecule has 2 atom stereocenters. The number of thioether (sulfide) groups is 1. The summed E-state index contributed by atoms with van der Waals surface area (Å²) in [6.07, 6.45) is 1.85. The Morgan fingerprint density at radius 3 is 2.61 bits per heavy atom. The first-order valence-corrected chi connectivity index (χ1v) is 11.5. The molecule has 1 aliphatic rings. The van der Waals surface area contributed by atoms with E-state index in [1.165, 1.54) is 30.3 Å². The molecule has 2 heterocycles. The van der Waals surface area contributed by atoms with Crippen LogP contribution in [0.3, 0.4) is 0 Å². The van der Waals surface area contributed by atoms with Crippen molar-refractivity contribution in [1.82, 2.24) is 25.5 Å². The van der Waals surface area contributed by atoms with E-state index in [1.54, 1.807) is 11.0 Å². The number of hydrogen-bond donors (Lipinski definition) is 2. The molecule has 4 rings (SSSR count). The quantitative estimate of drug-likeness (QED) is 0.463. The lowest BCUT2D eigenvalue weighted by Gasteiger charge is -2.23. The second-order valence-corrected chi connectivity index (χ2v) is 8.72. The fourth-order valence-electron chi connectivity index (χ4n) is 3.59. The second kappa shape index (κ2) is 10.2. The van der Waals surface area contributed by atoms with Crippen LogP contribution in [0.5, 0.6) is 0 Å². The first-order valence-electron chi connectivity index (χ1n) is 10.5.